The van der Waals surface area contributed by atoms with Crippen molar-refractivity contribution in [1.29, 1.82) is 0 Å². The average molecular weight is 349 g/mol. The fraction of sp³-hybridized carbons (Fsp3) is 0.778. The van der Waals surface area contributed by atoms with Crippen molar-refractivity contribution in [3.8, 4) is 0 Å². The minimum Gasteiger partial charge on any atom is -0.374 e. The second-order valence-corrected chi connectivity index (χ2v) is 7.56. The van der Waals surface area contributed by atoms with Crippen LogP contribution in [0.15, 0.2) is 18.7 Å². The number of likely N-dealkylation sites (tertiary alicyclic amines) is 1. The molecule has 0 radical (unpaired) electrons. The highest BCUT2D eigenvalue weighted by Gasteiger charge is 2.25. The molecule has 1 aromatic rings. The molecule has 2 saturated heterocycles. The van der Waals surface area contributed by atoms with E-state index in [2.05, 4.69) is 33.6 Å². The van der Waals surface area contributed by atoms with Crippen LogP contribution < -0.4 is 5.32 Å². The Morgan fingerprint density at radius 1 is 1.32 bits per heavy atom. The molecule has 1 aromatic heterocycles. The molecule has 3 heterocycles. The Bertz CT molecular complexity index is 526. The van der Waals surface area contributed by atoms with Gasteiger partial charge in [-0.3, -0.25) is 4.90 Å². The van der Waals surface area contributed by atoms with Gasteiger partial charge in [-0.2, -0.15) is 0 Å². The van der Waals surface area contributed by atoms with Crippen molar-refractivity contribution in [3.05, 3.63) is 18.7 Å². The van der Waals surface area contributed by atoms with Crippen molar-refractivity contribution in [2.24, 2.45) is 5.92 Å². The number of imidazole rings is 1. The number of nitrogens with zero attached hydrogens (tertiary/aromatic N) is 4. The molecule has 2 aliphatic rings. The van der Waals surface area contributed by atoms with E-state index in [9.17, 15) is 4.79 Å². The Morgan fingerprint density at radius 2 is 2.12 bits per heavy atom. The molecule has 1 N–H and O–H groups in total. The summed E-state index contributed by atoms with van der Waals surface area (Å²) in [5.41, 5.74) is 0. The van der Waals surface area contributed by atoms with Gasteiger partial charge in [0.25, 0.3) is 0 Å². The van der Waals surface area contributed by atoms with Gasteiger partial charge < -0.3 is 19.5 Å². The number of urea groups is 1. The van der Waals surface area contributed by atoms with Crippen molar-refractivity contribution in [3.63, 3.8) is 0 Å². The summed E-state index contributed by atoms with van der Waals surface area (Å²) in [7, 11) is 0. The third-order valence-electron chi connectivity index (χ3n) is 5.03. The molecule has 7 nitrogen and oxygen atoms in total. The number of ether oxygens (including phenoxy) is 1. The van der Waals surface area contributed by atoms with Crippen LogP contribution >= 0.6 is 0 Å². The SMILES string of the molecule is CC(C)CN1CCOC(CNC(=O)N2CCC(n3ccnc3)CC2)C1. The molecular weight excluding hydrogens is 318 g/mol. The smallest absolute Gasteiger partial charge is 0.317 e. The van der Waals surface area contributed by atoms with Crippen LogP contribution in [0.5, 0.6) is 0 Å². The predicted octanol–water partition coefficient (Wildman–Crippen LogP) is 1.59. The van der Waals surface area contributed by atoms with Gasteiger partial charge in [0, 0.05) is 57.7 Å². The van der Waals surface area contributed by atoms with Gasteiger partial charge in [0.05, 0.1) is 19.0 Å². The van der Waals surface area contributed by atoms with Crippen LogP contribution in [0.4, 0.5) is 4.79 Å². The maximum atomic E-state index is 12.4. The first kappa shape index (κ1) is 18.2. The molecule has 0 bridgehead atoms. The molecule has 2 aliphatic heterocycles. The quantitative estimate of drug-likeness (QED) is 0.877. The summed E-state index contributed by atoms with van der Waals surface area (Å²) in [5, 5.41) is 3.06. The number of aromatic nitrogens is 2. The number of rotatable bonds is 5. The lowest BCUT2D eigenvalue weighted by atomic mass is 10.1. The van der Waals surface area contributed by atoms with Crippen LogP contribution in [-0.2, 0) is 4.74 Å². The topological polar surface area (TPSA) is 62.6 Å². The Morgan fingerprint density at radius 3 is 2.80 bits per heavy atom. The molecule has 1 atom stereocenters. The number of piperidine rings is 1. The van der Waals surface area contributed by atoms with E-state index in [4.69, 9.17) is 4.74 Å². The molecule has 0 aromatic carbocycles. The number of amides is 2. The number of morpholine rings is 1. The molecule has 0 saturated carbocycles. The molecule has 0 spiro atoms. The van der Waals surface area contributed by atoms with E-state index >= 15 is 0 Å². The summed E-state index contributed by atoms with van der Waals surface area (Å²) in [4.78, 5) is 20.9. The molecule has 2 amide bonds. The lowest BCUT2D eigenvalue weighted by Crippen LogP contribution is -2.51. The number of carbonyl (C=O) groups is 1. The number of carbonyl (C=O) groups excluding carboxylic acids is 1. The molecule has 2 fully saturated rings. The van der Waals surface area contributed by atoms with Gasteiger partial charge in [-0.05, 0) is 18.8 Å². The first-order chi connectivity index (χ1) is 12.1. The van der Waals surface area contributed by atoms with Crippen molar-refractivity contribution in [1.82, 2.24) is 24.7 Å². The highest BCUT2D eigenvalue weighted by Crippen LogP contribution is 2.21. The molecular formula is C18H31N5O2. The predicted molar refractivity (Wildman–Crippen MR) is 96.5 cm³/mol. The zero-order chi connectivity index (χ0) is 17.6. The summed E-state index contributed by atoms with van der Waals surface area (Å²) in [6.07, 6.45) is 7.73. The van der Waals surface area contributed by atoms with Gasteiger partial charge >= 0.3 is 6.03 Å². The molecule has 7 heteroatoms. The average Bonchev–Trinajstić information content (AvgIpc) is 3.14. The van der Waals surface area contributed by atoms with Crippen LogP contribution in [0, 0.1) is 5.92 Å². The first-order valence-corrected chi connectivity index (χ1v) is 9.46. The molecule has 1 unspecified atom stereocenters. The Kier molecular flexibility index (Phi) is 6.31. The van der Waals surface area contributed by atoms with Crippen LogP contribution in [-0.4, -0.2) is 77.4 Å². The van der Waals surface area contributed by atoms with Crippen molar-refractivity contribution < 1.29 is 9.53 Å². The monoisotopic (exact) mass is 349 g/mol. The van der Waals surface area contributed by atoms with Gasteiger partial charge in [-0.25, -0.2) is 9.78 Å². The second kappa shape index (κ2) is 8.67. The maximum Gasteiger partial charge on any atom is 0.317 e. The zero-order valence-corrected chi connectivity index (χ0v) is 15.4. The normalized spacial score (nSPS) is 23.2. The standard InChI is InChI=1S/C18H31N5O2/c1-15(2)12-21-9-10-25-17(13-21)11-20-18(24)22-6-3-16(4-7-22)23-8-5-19-14-23/h5,8,14-17H,3-4,6-7,9-13H2,1-2H3,(H,20,24). The minimum absolute atomic E-state index is 0.0358. The van der Waals surface area contributed by atoms with E-state index in [-0.39, 0.29) is 12.1 Å². The molecule has 3 rings (SSSR count). The van der Waals surface area contributed by atoms with Gasteiger partial charge in [0.1, 0.15) is 0 Å². The Balaban J connectivity index is 1.38. The molecule has 0 aliphatic carbocycles. The third-order valence-corrected chi connectivity index (χ3v) is 5.03. The summed E-state index contributed by atoms with van der Waals surface area (Å²) >= 11 is 0. The third kappa shape index (κ3) is 5.19. The number of nitrogens with one attached hydrogen (secondary N) is 1. The number of hydrogen-bond donors (Lipinski definition) is 1. The van der Waals surface area contributed by atoms with Crippen molar-refractivity contribution in [2.75, 3.05) is 45.9 Å². The molecule has 25 heavy (non-hydrogen) atoms. The summed E-state index contributed by atoms with van der Waals surface area (Å²) < 4.78 is 7.96. The van der Waals surface area contributed by atoms with E-state index < -0.39 is 0 Å². The van der Waals surface area contributed by atoms with Gasteiger partial charge in [0.2, 0.25) is 0 Å². The zero-order valence-electron chi connectivity index (χ0n) is 15.4. The van der Waals surface area contributed by atoms with Gasteiger partial charge in [-0.1, -0.05) is 13.8 Å². The van der Waals surface area contributed by atoms with E-state index in [0.29, 0.717) is 18.5 Å². The highest BCUT2D eigenvalue weighted by atomic mass is 16.5. The van der Waals surface area contributed by atoms with Crippen LogP contribution in [0.25, 0.3) is 0 Å². The first-order valence-electron chi connectivity index (χ1n) is 9.46. The number of hydrogen-bond acceptors (Lipinski definition) is 4. The molecule has 140 valence electrons. The van der Waals surface area contributed by atoms with Gasteiger partial charge in [0.15, 0.2) is 0 Å². The Labute approximate surface area is 150 Å². The van der Waals surface area contributed by atoms with E-state index in [0.717, 1.165) is 52.2 Å². The van der Waals surface area contributed by atoms with Crippen LogP contribution in [0.2, 0.25) is 0 Å². The van der Waals surface area contributed by atoms with E-state index in [1.54, 1.807) is 0 Å². The highest BCUT2D eigenvalue weighted by molar-refractivity contribution is 5.74. The lowest BCUT2D eigenvalue weighted by molar-refractivity contribution is -0.0295. The van der Waals surface area contributed by atoms with Crippen LogP contribution in [0.3, 0.4) is 0 Å². The van der Waals surface area contributed by atoms with Crippen molar-refractivity contribution >= 4 is 6.03 Å². The van der Waals surface area contributed by atoms with E-state index in [1.165, 1.54) is 0 Å². The van der Waals surface area contributed by atoms with Gasteiger partial charge in [-0.15, -0.1) is 0 Å². The van der Waals surface area contributed by atoms with Crippen LogP contribution in [0.1, 0.15) is 32.7 Å². The Hall–Kier alpha value is -1.60. The second-order valence-electron chi connectivity index (χ2n) is 7.56. The largest absolute Gasteiger partial charge is 0.374 e. The minimum atomic E-state index is 0.0358. The lowest BCUT2D eigenvalue weighted by Gasteiger charge is -2.35. The fourth-order valence-corrected chi connectivity index (χ4v) is 3.75. The summed E-state index contributed by atoms with van der Waals surface area (Å²) in [6.45, 7) is 10.4. The fourth-order valence-electron chi connectivity index (χ4n) is 3.75. The van der Waals surface area contributed by atoms with Crippen molar-refractivity contribution in [2.45, 2.75) is 38.8 Å². The summed E-state index contributed by atoms with van der Waals surface area (Å²) in [5.74, 6) is 0.658. The maximum absolute atomic E-state index is 12.4. The summed E-state index contributed by atoms with van der Waals surface area (Å²) in [6, 6.07) is 0.492. The van der Waals surface area contributed by atoms with E-state index in [1.807, 2.05) is 23.6 Å².